The maximum absolute atomic E-state index is 11.2. The van der Waals surface area contributed by atoms with E-state index in [1.54, 1.807) is 0 Å². The number of rotatable bonds is 6. The summed E-state index contributed by atoms with van der Waals surface area (Å²) in [6.07, 6.45) is 2.93. The minimum atomic E-state index is 0.679. The van der Waals surface area contributed by atoms with Crippen molar-refractivity contribution in [2.24, 2.45) is 0 Å². The van der Waals surface area contributed by atoms with Gasteiger partial charge in [0.25, 0.3) is 0 Å². The van der Waals surface area contributed by atoms with Crippen molar-refractivity contribution < 1.29 is 4.79 Å². The van der Waals surface area contributed by atoms with Crippen molar-refractivity contribution in [2.45, 2.75) is 26.7 Å². The first-order chi connectivity index (χ1) is 12.2. The molecule has 0 amide bonds. The molecule has 0 radical (unpaired) electrons. The largest absolute Gasteiger partial charge is 0.310 e. The number of aldehydes is 1. The van der Waals surface area contributed by atoms with Crippen LogP contribution in [0.25, 0.3) is 0 Å². The average molecular weight is 329 g/mol. The summed E-state index contributed by atoms with van der Waals surface area (Å²) in [6.45, 7) is 4.31. The fraction of sp³-hybridized carbons (Fsp3) is 0.174. The van der Waals surface area contributed by atoms with E-state index in [1.807, 2.05) is 24.3 Å². The van der Waals surface area contributed by atoms with Gasteiger partial charge in [-0.25, -0.2) is 0 Å². The zero-order valence-corrected chi connectivity index (χ0v) is 14.8. The molecule has 0 aromatic heterocycles. The van der Waals surface area contributed by atoms with E-state index in [1.165, 1.54) is 11.1 Å². The molecule has 0 unspecified atom stereocenters. The van der Waals surface area contributed by atoms with E-state index in [0.29, 0.717) is 5.56 Å². The lowest BCUT2D eigenvalue weighted by molar-refractivity contribution is 0.112. The number of hydrogen-bond donors (Lipinski definition) is 0. The Hall–Kier alpha value is -2.87. The van der Waals surface area contributed by atoms with Gasteiger partial charge in [0, 0.05) is 22.6 Å². The molecular weight excluding hydrogens is 306 g/mol. The molecular formula is C23H23NO. The van der Waals surface area contributed by atoms with Crippen LogP contribution >= 0.6 is 0 Å². The van der Waals surface area contributed by atoms with Crippen LogP contribution in [-0.4, -0.2) is 6.29 Å². The Kier molecular flexibility index (Phi) is 5.30. The molecule has 2 heteroatoms. The van der Waals surface area contributed by atoms with Crippen molar-refractivity contribution in [2.75, 3.05) is 4.90 Å². The number of carbonyl (C=O) groups excluding carboxylic acids is 1. The van der Waals surface area contributed by atoms with E-state index in [4.69, 9.17) is 0 Å². The van der Waals surface area contributed by atoms with Crippen LogP contribution < -0.4 is 4.90 Å². The Bertz CT molecular complexity index is 787. The van der Waals surface area contributed by atoms with Gasteiger partial charge in [0.15, 0.2) is 0 Å². The van der Waals surface area contributed by atoms with Gasteiger partial charge in [-0.15, -0.1) is 0 Å². The number of aryl methyl sites for hydroxylation is 2. The maximum Gasteiger partial charge on any atom is 0.150 e. The molecule has 0 bridgehead atoms. The maximum atomic E-state index is 11.2. The third kappa shape index (κ3) is 3.80. The van der Waals surface area contributed by atoms with Gasteiger partial charge < -0.3 is 4.90 Å². The first-order valence-electron chi connectivity index (χ1n) is 8.78. The number of hydrogen-bond acceptors (Lipinski definition) is 2. The molecule has 0 aliphatic carbocycles. The summed E-state index contributed by atoms with van der Waals surface area (Å²) in [5, 5.41) is 0. The number of anilines is 3. The third-order valence-corrected chi connectivity index (χ3v) is 4.47. The third-order valence-electron chi connectivity index (χ3n) is 4.47. The molecule has 3 rings (SSSR count). The smallest absolute Gasteiger partial charge is 0.150 e. The van der Waals surface area contributed by atoms with Crippen molar-refractivity contribution in [1.29, 1.82) is 0 Å². The number of nitrogens with zero attached hydrogens (tertiary/aromatic N) is 1. The summed E-state index contributed by atoms with van der Waals surface area (Å²) >= 11 is 0. The van der Waals surface area contributed by atoms with Crippen LogP contribution in [0.4, 0.5) is 17.1 Å². The topological polar surface area (TPSA) is 20.3 Å². The summed E-state index contributed by atoms with van der Waals surface area (Å²) < 4.78 is 0. The number of benzene rings is 3. The van der Waals surface area contributed by atoms with Crippen molar-refractivity contribution in [3.05, 3.63) is 89.5 Å². The lowest BCUT2D eigenvalue weighted by Gasteiger charge is -2.26. The van der Waals surface area contributed by atoms with Gasteiger partial charge in [0.2, 0.25) is 0 Å². The molecule has 2 nitrogen and oxygen atoms in total. The Balaban J connectivity index is 2.09. The molecule has 25 heavy (non-hydrogen) atoms. The highest BCUT2D eigenvalue weighted by atomic mass is 16.1. The summed E-state index contributed by atoms with van der Waals surface area (Å²) in [6, 6.07) is 24.9. The monoisotopic (exact) mass is 329 g/mol. The van der Waals surface area contributed by atoms with Crippen molar-refractivity contribution >= 4 is 23.3 Å². The lowest BCUT2D eigenvalue weighted by Crippen LogP contribution is -2.10. The van der Waals surface area contributed by atoms with E-state index < -0.39 is 0 Å². The number of carbonyl (C=O) groups is 1. The predicted octanol–water partition coefficient (Wildman–Crippen LogP) is 6.09. The molecule has 3 aromatic carbocycles. The first-order valence-corrected chi connectivity index (χ1v) is 8.78. The van der Waals surface area contributed by atoms with E-state index in [2.05, 4.69) is 67.3 Å². The van der Waals surface area contributed by atoms with E-state index in [0.717, 1.165) is 36.2 Å². The quantitative estimate of drug-likeness (QED) is 0.510. The van der Waals surface area contributed by atoms with Crippen molar-refractivity contribution in [3.8, 4) is 0 Å². The Morgan fingerprint density at radius 2 is 1.24 bits per heavy atom. The highest BCUT2D eigenvalue weighted by Crippen LogP contribution is 2.35. The molecule has 0 fully saturated rings. The summed E-state index contributed by atoms with van der Waals surface area (Å²) in [5.74, 6) is 0. The highest BCUT2D eigenvalue weighted by Gasteiger charge is 2.12. The average Bonchev–Trinajstić information content (AvgIpc) is 2.69. The van der Waals surface area contributed by atoms with Gasteiger partial charge in [-0.1, -0.05) is 50.2 Å². The van der Waals surface area contributed by atoms with Crippen LogP contribution in [0.1, 0.15) is 35.3 Å². The van der Waals surface area contributed by atoms with Gasteiger partial charge >= 0.3 is 0 Å². The SMILES string of the molecule is CCc1ccc(N(c2ccc(CC)cc2)c2cccc(C=O)c2)cc1. The van der Waals surface area contributed by atoms with Crippen LogP contribution in [-0.2, 0) is 12.8 Å². The first kappa shape index (κ1) is 17.0. The van der Waals surface area contributed by atoms with Crippen molar-refractivity contribution in [3.63, 3.8) is 0 Å². The van der Waals surface area contributed by atoms with Crippen LogP contribution in [0.2, 0.25) is 0 Å². The second kappa shape index (κ2) is 7.80. The molecule has 0 saturated carbocycles. The molecule has 0 atom stereocenters. The highest BCUT2D eigenvalue weighted by molar-refractivity contribution is 5.82. The summed E-state index contributed by atoms with van der Waals surface area (Å²) in [5.41, 5.74) is 6.46. The second-order valence-corrected chi connectivity index (χ2v) is 6.09. The molecule has 3 aromatic rings. The zero-order valence-electron chi connectivity index (χ0n) is 14.8. The molecule has 0 N–H and O–H groups in total. The molecule has 0 heterocycles. The zero-order chi connectivity index (χ0) is 17.6. The molecule has 0 aliphatic rings. The molecule has 0 saturated heterocycles. The minimum Gasteiger partial charge on any atom is -0.310 e. The molecule has 0 aliphatic heterocycles. The van der Waals surface area contributed by atoms with Crippen molar-refractivity contribution in [1.82, 2.24) is 0 Å². The Morgan fingerprint density at radius 1 is 0.720 bits per heavy atom. The van der Waals surface area contributed by atoms with E-state index >= 15 is 0 Å². The predicted molar refractivity (Wildman–Crippen MR) is 105 cm³/mol. The van der Waals surface area contributed by atoms with Crippen LogP contribution in [0, 0.1) is 0 Å². The molecule has 126 valence electrons. The molecule has 0 spiro atoms. The van der Waals surface area contributed by atoms with E-state index in [9.17, 15) is 4.79 Å². The van der Waals surface area contributed by atoms with Crippen LogP contribution in [0.15, 0.2) is 72.8 Å². The van der Waals surface area contributed by atoms with E-state index in [-0.39, 0.29) is 0 Å². The Morgan fingerprint density at radius 3 is 1.68 bits per heavy atom. The Labute approximate surface area is 149 Å². The van der Waals surface area contributed by atoms with Gasteiger partial charge in [0.1, 0.15) is 6.29 Å². The fourth-order valence-corrected chi connectivity index (χ4v) is 2.95. The van der Waals surface area contributed by atoms with Gasteiger partial charge in [0.05, 0.1) is 0 Å². The summed E-state index contributed by atoms with van der Waals surface area (Å²) in [4.78, 5) is 13.4. The van der Waals surface area contributed by atoms with Gasteiger partial charge in [-0.05, 0) is 60.4 Å². The van der Waals surface area contributed by atoms with Crippen LogP contribution in [0.3, 0.4) is 0 Å². The lowest BCUT2D eigenvalue weighted by atomic mass is 10.1. The van der Waals surface area contributed by atoms with Gasteiger partial charge in [-0.3, -0.25) is 4.79 Å². The standard InChI is InChI=1S/C23H23NO/c1-3-18-8-12-21(13-9-18)24(22-14-10-19(4-2)11-15-22)23-7-5-6-20(16-23)17-25/h5-17H,3-4H2,1-2H3. The van der Waals surface area contributed by atoms with Crippen LogP contribution in [0.5, 0.6) is 0 Å². The summed E-state index contributed by atoms with van der Waals surface area (Å²) in [7, 11) is 0. The second-order valence-electron chi connectivity index (χ2n) is 6.09. The minimum absolute atomic E-state index is 0.679. The normalized spacial score (nSPS) is 10.5. The fourth-order valence-electron chi connectivity index (χ4n) is 2.95. The van der Waals surface area contributed by atoms with Gasteiger partial charge in [-0.2, -0.15) is 0 Å².